The molecule has 1 aromatic rings. The predicted octanol–water partition coefficient (Wildman–Crippen LogP) is 2.90. The summed E-state index contributed by atoms with van der Waals surface area (Å²) >= 11 is 0. The maximum absolute atomic E-state index is 11.8. The normalized spacial score (nSPS) is 11.8. The minimum Gasteiger partial charge on any atom is -0.481 e. The van der Waals surface area contributed by atoms with Crippen LogP contribution < -0.4 is 5.32 Å². The van der Waals surface area contributed by atoms with Crippen LogP contribution in [0.4, 0.5) is 0 Å². The Balaban J connectivity index is 2.35. The third kappa shape index (κ3) is 6.04. The van der Waals surface area contributed by atoms with Gasteiger partial charge in [-0.3, -0.25) is 9.59 Å². The fourth-order valence-electron chi connectivity index (χ4n) is 1.93. The molecule has 0 heterocycles. The molecule has 0 aromatic heterocycles. The summed E-state index contributed by atoms with van der Waals surface area (Å²) in [5.74, 6) is -0.822. The number of rotatable bonds is 8. The van der Waals surface area contributed by atoms with Crippen molar-refractivity contribution in [3.63, 3.8) is 0 Å². The van der Waals surface area contributed by atoms with Gasteiger partial charge in [-0.15, -0.1) is 0 Å². The summed E-state index contributed by atoms with van der Waals surface area (Å²) in [4.78, 5) is 22.1. The van der Waals surface area contributed by atoms with Crippen LogP contribution in [0.1, 0.15) is 50.6 Å². The zero-order valence-electron chi connectivity index (χ0n) is 11.3. The molecule has 0 fully saturated rings. The van der Waals surface area contributed by atoms with E-state index in [-0.39, 0.29) is 18.4 Å². The van der Waals surface area contributed by atoms with E-state index >= 15 is 0 Å². The molecule has 0 bridgehead atoms. The number of amides is 1. The van der Waals surface area contributed by atoms with Crippen LogP contribution in [0.5, 0.6) is 0 Å². The van der Waals surface area contributed by atoms with Crippen molar-refractivity contribution in [2.24, 2.45) is 0 Å². The minimum absolute atomic E-state index is 0.0129. The second kappa shape index (κ2) is 8.29. The SMILES string of the molecule is CCC(NC(=O)CCCCC(=O)O)c1ccccc1. The van der Waals surface area contributed by atoms with E-state index in [1.54, 1.807) is 0 Å². The van der Waals surface area contributed by atoms with E-state index in [0.717, 1.165) is 12.0 Å². The van der Waals surface area contributed by atoms with Gasteiger partial charge in [0.05, 0.1) is 6.04 Å². The number of carboxylic acid groups (broad SMARTS) is 1. The molecule has 0 spiro atoms. The third-order valence-corrected chi connectivity index (χ3v) is 2.99. The quantitative estimate of drug-likeness (QED) is 0.709. The van der Waals surface area contributed by atoms with Gasteiger partial charge >= 0.3 is 5.97 Å². The van der Waals surface area contributed by atoms with Crippen LogP contribution in [0.15, 0.2) is 30.3 Å². The van der Waals surface area contributed by atoms with Gasteiger partial charge in [0.25, 0.3) is 0 Å². The van der Waals surface area contributed by atoms with E-state index in [1.165, 1.54) is 0 Å². The highest BCUT2D eigenvalue weighted by Gasteiger charge is 2.11. The Labute approximate surface area is 113 Å². The van der Waals surface area contributed by atoms with Crippen molar-refractivity contribution in [3.8, 4) is 0 Å². The molecule has 1 aromatic carbocycles. The molecule has 0 aliphatic rings. The van der Waals surface area contributed by atoms with Crippen LogP contribution in [0.2, 0.25) is 0 Å². The molecule has 0 radical (unpaired) electrons. The summed E-state index contributed by atoms with van der Waals surface area (Å²) in [6.45, 7) is 2.03. The van der Waals surface area contributed by atoms with Gasteiger partial charge in [-0.1, -0.05) is 37.3 Å². The number of unbranched alkanes of at least 4 members (excludes halogenated alkanes) is 1. The molecule has 4 heteroatoms. The van der Waals surface area contributed by atoms with Crippen LogP contribution in [0, 0.1) is 0 Å². The van der Waals surface area contributed by atoms with Crippen molar-refractivity contribution in [2.75, 3.05) is 0 Å². The Morgan fingerprint density at radius 2 is 1.79 bits per heavy atom. The van der Waals surface area contributed by atoms with Gasteiger partial charge in [-0.05, 0) is 24.8 Å². The molecule has 19 heavy (non-hydrogen) atoms. The summed E-state index contributed by atoms with van der Waals surface area (Å²) in [5, 5.41) is 11.5. The molecule has 1 unspecified atom stereocenters. The number of nitrogens with one attached hydrogen (secondary N) is 1. The molecule has 0 saturated carbocycles. The molecular formula is C15H21NO3. The van der Waals surface area contributed by atoms with Crippen molar-refractivity contribution in [1.82, 2.24) is 5.32 Å². The van der Waals surface area contributed by atoms with Gasteiger partial charge in [-0.2, -0.15) is 0 Å². The zero-order chi connectivity index (χ0) is 14.1. The number of aliphatic carboxylic acids is 1. The lowest BCUT2D eigenvalue weighted by Gasteiger charge is -2.17. The van der Waals surface area contributed by atoms with Gasteiger partial charge in [-0.25, -0.2) is 0 Å². The molecular weight excluding hydrogens is 242 g/mol. The van der Waals surface area contributed by atoms with E-state index in [9.17, 15) is 9.59 Å². The standard InChI is InChI=1S/C15H21NO3/c1-2-13(12-8-4-3-5-9-12)16-14(17)10-6-7-11-15(18)19/h3-5,8-9,13H,2,6-7,10-11H2,1H3,(H,16,17)(H,18,19). The van der Waals surface area contributed by atoms with Gasteiger partial charge < -0.3 is 10.4 Å². The smallest absolute Gasteiger partial charge is 0.303 e. The van der Waals surface area contributed by atoms with Crippen LogP contribution in [-0.2, 0) is 9.59 Å². The molecule has 4 nitrogen and oxygen atoms in total. The van der Waals surface area contributed by atoms with Crippen LogP contribution in [0.3, 0.4) is 0 Å². The number of carboxylic acids is 1. The van der Waals surface area contributed by atoms with Crippen LogP contribution in [0.25, 0.3) is 0 Å². The molecule has 104 valence electrons. The lowest BCUT2D eigenvalue weighted by atomic mass is 10.0. The first-order valence-electron chi connectivity index (χ1n) is 6.69. The third-order valence-electron chi connectivity index (χ3n) is 2.99. The van der Waals surface area contributed by atoms with E-state index < -0.39 is 5.97 Å². The van der Waals surface area contributed by atoms with Crippen molar-refractivity contribution in [2.45, 2.75) is 45.1 Å². The van der Waals surface area contributed by atoms with Gasteiger partial charge in [0, 0.05) is 12.8 Å². The van der Waals surface area contributed by atoms with E-state index in [1.807, 2.05) is 37.3 Å². The summed E-state index contributed by atoms with van der Waals surface area (Å²) in [5.41, 5.74) is 1.10. The molecule has 2 N–H and O–H groups in total. The Kier molecular flexibility index (Phi) is 6.64. The monoisotopic (exact) mass is 263 g/mol. The lowest BCUT2D eigenvalue weighted by molar-refractivity contribution is -0.137. The highest BCUT2D eigenvalue weighted by Crippen LogP contribution is 2.16. The maximum Gasteiger partial charge on any atom is 0.303 e. The van der Waals surface area contributed by atoms with E-state index in [0.29, 0.717) is 19.3 Å². The second-order valence-electron chi connectivity index (χ2n) is 4.54. The maximum atomic E-state index is 11.8. The van der Waals surface area contributed by atoms with Gasteiger partial charge in [0.15, 0.2) is 0 Å². The molecule has 0 saturated heterocycles. The van der Waals surface area contributed by atoms with Gasteiger partial charge in [0.1, 0.15) is 0 Å². The van der Waals surface area contributed by atoms with Crippen molar-refractivity contribution < 1.29 is 14.7 Å². The Morgan fingerprint density at radius 1 is 1.16 bits per heavy atom. The molecule has 1 atom stereocenters. The topological polar surface area (TPSA) is 66.4 Å². The first kappa shape index (κ1) is 15.2. The highest BCUT2D eigenvalue weighted by molar-refractivity contribution is 5.76. The highest BCUT2D eigenvalue weighted by atomic mass is 16.4. The van der Waals surface area contributed by atoms with Crippen molar-refractivity contribution in [3.05, 3.63) is 35.9 Å². The van der Waals surface area contributed by atoms with Gasteiger partial charge in [0.2, 0.25) is 5.91 Å². The zero-order valence-corrected chi connectivity index (χ0v) is 11.3. The summed E-state index contributed by atoms with van der Waals surface area (Å²) in [7, 11) is 0. The van der Waals surface area contributed by atoms with Crippen LogP contribution in [-0.4, -0.2) is 17.0 Å². The number of carbonyl (C=O) groups is 2. The lowest BCUT2D eigenvalue weighted by Crippen LogP contribution is -2.27. The van der Waals surface area contributed by atoms with E-state index in [2.05, 4.69) is 5.32 Å². The Hall–Kier alpha value is -1.84. The summed E-state index contributed by atoms with van der Waals surface area (Å²) < 4.78 is 0. The largest absolute Gasteiger partial charge is 0.481 e. The summed E-state index contributed by atoms with van der Waals surface area (Å²) in [6.07, 6.45) is 2.51. The predicted molar refractivity (Wildman–Crippen MR) is 73.7 cm³/mol. The Morgan fingerprint density at radius 3 is 2.37 bits per heavy atom. The number of benzene rings is 1. The van der Waals surface area contributed by atoms with E-state index in [4.69, 9.17) is 5.11 Å². The average Bonchev–Trinajstić information content (AvgIpc) is 2.41. The Bertz CT molecular complexity index is 403. The fraction of sp³-hybridized carbons (Fsp3) is 0.467. The molecule has 0 aliphatic carbocycles. The van der Waals surface area contributed by atoms with Crippen molar-refractivity contribution >= 4 is 11.9 Å². The molecule has 0 aliphatic heterocycles. The minimum atomic E-state index is -0.809. The van der Waals surface area contributed by atoms with Crippen molar-refractivity contribution in [1.29, 1.82) is 0 Å². The molecule has 1 amide bonds. The molecule has 1 rings (SSSR count). The van der Waals surface area contributed by atoms with Crippen LogP contribution >= 0.6 is 0 Å². The first-order valence-corrected chi connectivity index (χ1v) is 6.69. The average molecular weight is 263 g/mol. The number of carbonyl (C=O) groups excluding carboxylic acids is 1. The number of hydrogen-bond donors (Lipinski definition) is 2. The second-order valence-corrected chi connectivity index (χ2v) is 4.54. The summed E-state index contributed by atoms with van der Waals surface area (Å²) in [6, 6.07) is 9.89. The fourth-order valence-corrected chi connectivity index (χ4v) is 1.93. The number of hydrogen-bond acceptors (Lipinski definition) is 2. The first-order chi connectivity index (χ1) is 9.13.